The Morgan fingerprint density at radius 2 is 1.56 bits per heavy atom. The largest absolute Gasteiger partial charge is 0.487 e. The Bertz CT molecular complexity index is 685. The van der Waals surface area contributed by atoms with Gasteiger partial charge < -0.3 is 14.5 Å². The molecule has 1 saturated carbocycles. The molecule has 0 bridgehead atoms. The van der Waals surface area contributed by atoms with Gasteiger partial charge in [0.2, 0.25) is 11.8 Å². The van der Waals surface area contributed by atoms with Gasteiger partial charge >= 0.3 is 0 Å². The molecule has 2 aliphatic heterocycles. The van der Waals surface area contributed by atoms with Crippen molar-refractivity contribution in [3.05, 3.63) is 29.8 Å². The lowest BCUT2D eigenvalue weighted by Crippen LogP contribution is -2.58. The minimum atomic E-state index is 0.0672. The number of carbonyl (C=O) groups is 2. The molecule has 0 radical (unpaired) electrons. The lowest BCUT2D eigenvalue weighted by molar-refractivity contribution is -0.148. The Balaban J connectivity index is 1.21. The molecule has 4 rings (SSSR count). The number of ether oxygens (including phenoxy) is 1. The minimum Gasteiger partial charge on any atom is -0.487 e. The van der Waals surface area contributed by atoms with E-state index in [1.807, 2.05) is 41.0 Å². The number of aryl methyl sites for hydroxylation is 1. The molecule has 0 spiro atoms. The van der Waals surface area contributed by atoms with Crippen LogP contribution in [-0.2, 0) is 9.59 Å². The fourth-order valence-electron chi connectivity index (χ4n) is 4.61. The monoisotopic (exact) mass is 370 g/mol. The smallest absolute Gasteiger partial charge is 0.226 e. The summed E-state index contributed by atoms with van der Waals surface area (Å²) < 4.78 is 5.96. The second-order valence-electron chi connectivity index (χ2n) is 8.38. The number of hydrogen-bond donors (Lipinski definition) is 0. The molecule has 5 nitrogen and oxygen atoms in total. The summed E-state index contributed by atoms with van der Waals surface area (Å²) >= 11 is 0. The van der Waals surface area contributed by atoms with E-state index in [2.05, 4.69) is 0 Å². The molecule has 1 aromatic carbocycles. The number of carbonyl (C=O) groups excluding carboxylic acids is 2. The Morgan fingerprint density at radius 3 is 2.22 bits per heavy atom. The number of amides is 2. The van der Waals surface area contributed by atoms with Gasteiger partial charge in [-0.2, -0.15) is 0 Å². The highest BCUT2D eigenvalue weighted by molar-refractivity contribution is 5.81. The summed E-state index contributed by atoms with van der Waals surface area (Å²) in [5.74, 6) is 1.76. The van der Waals surface area contributed by atoms with Crippen molar-refractivity contribution < 1.29 is 14.3 Å². The Morgan fingerprint density at radius 1 is 0.926 bits per heavy atom. The van der Waals surface area contributed by atoms with Crippen LogP contribution in [-0.4, -0.2) is 53.9 Å². The zero-order valence-corrected chi connectivity index (χ0v) is 16.2. The molecule has 146 valence electrons. The van der Waals surface area contributed by atoms with Crippen LogP contribution in [0.5, 0.6) is 5.75 Å². The standard InChI is InChI=1S/C22H30N2O3/c1-16-5-4-8-19(13-16)27-20-14-24(15-20)22(26)18-9-11-23(12-10-18)21(25)17-6-2-3-7-17/h4-5,8,13,17-18,20H,2-3,6-7,9-12,14-15H2,1H3. The van der Waals surface area contributed by atoms with Gasteiger partial charge in [-0.25, -0.2) is 0 Å². The van der Waals surface area contributed by atoms with E-state index in [0.29, 0.717) is 19.0 Å². The lowest BCUT2D eigenvalue weighted by atomic mass is 9.92. The Kier molecular flexibility index (Phi) is 5.37. The lowest BCUT2D eigenvalue weighted by Gasteiger charge is -2.42. The van der Waals surface area contributed by atoms with Gasteiger partial charge in [-0.15, -0.1) is 0 Å². The molecule has 0 atom stereocenters. The second kappa shape index (κ2) is 7.91. The summed E-state index contributed by atoms with van der Waals surface area (Å²) in [6.45, 7) is 4.88. The third kappa shape index (κ3) is 4.12. The number of rotatable bonds is 4. The van der Waals surface area contributed by atoms with E-state index in [1.165, 1.54) is 18.4 Å². The van der Waals surface area contributed by atoms with Crippen LogP contribution < -0.4 is 4.74 Å². The number of hydrogen-bond acceptors (Lipinski definition) is 3. The maximum absolute atomic E-state index is 12.7. The number of nitrogens with zero attached hydrogens (tertiary/aromatic N) is 2. The van der Waals surface area contributed by atoms with Gasteiger partial charge in [0, 0.05) is 24.9 Å². The van der Waals surface area contributed by atoms with E-state index in [-0.39, 0.29) is 23.8 Å². The Hall–Kier alpha value is -2.04. The van der Waals surface area contributed by atoms with Gasteiger partial charge in [-0.3, -0.25) is 9.59 Å². The topological polar surface area (TPSA) is 49.9 Å². The normalized spacial score (nSPS) is 22.0. The van der Waals surface area contributed by atoms with Crippen LogP contribution in [0.15, 0.2) is 24.3 Å². The summed E-state index contributed by atoms with van der Waals surface area (Å²) in [6, 6.07) is 8.04. The third-order valence-electron chi connectivity index (χ3n) is 6.31. The zero-order chi connectivity index (χ0) is 18.8. The average molecular weight is 370 g/mol. The molecule has 0 unspecified atom stereocenters. The quantitative estimate of drug-likeness (QED) is 0.819. The fraction of sp³-hybridized carbons (Fsp3) is 0.636. The summed E-state index contributed by atoms with van der Waals surface area (Å²) in [7, 11) is 0. The second-order valence-corrected chi connectivity index (χ2v) is 8.38. The van der Waals surface area contributed by atoms with Crippen LogP contribution in [0.1, 0.15) is 44.1 Å². The summed E-state index contributed by atoms with van der Waals surface area (Å²) in [5.41, 5.74) is 1.18. The van der Waals surface area contributed by atoms with Crippen molar-refractivity contribution >= 4 is 11.8 Å². The Labute approximate surface area is 161 Å². The molecule has 1 aliphatic carbocycles. The van der Waals surface area contributed by atoms with E-state index >= 15 is 0 Å². The molecule has 2 saturated heterocycles. The molecule has 5 heteroatoms. The van der Waals surface area contributed by atoms with Crippen molar-refractivity contribution in [3.8, 4) is 5.75 Å². The molecule has 2 heterocycles. The van der Waals surface area contributed by atoms with E-state index in [1.54, 1.807) is 0 Å². The molecule has 0 N–H and O–H groups in total. The van der Waals surface area contributed by atoms with E-state index < -0.39 is 0 Å². The molecule has 3 aliphatic rings. The van der Waals surface area contributed by atoms with Gasteiger partial charge in [0.1, 0.15) is 11.9 Å². The molecular formula is C22H30N2O3. The highest BCUT2D eigenvalue weighted by Gasteiger charge is 2.38. The first-order valence-corrected chi connectivity index (χ1v) is 10.4. The van der Waals surface area contributed by atoms with E-state index in [0.717, 1.165) is 44.5 Å². The summed E-state index contributed by atoms with van der Waals surface area (Å²) in [4.78, 5) is 29.2. The fourth-order valence-corrected chi connectivity index (χ4v) is 4.61. The molecule has 1 aromatic rings. The first-order valence-electron chi connectivity index (χ1n) is 10.4. The van der Waals surface area contributed by atoms with Crippen molar-refractivity contribution in [2.24, 2.45) is 11.8 Å². The number of benzene rings is 1. The van der Waals surface area contributed by atoms with Crippen molar-refractivity contribution in [3.63, 3.8) is 0 Å². The SMILES string of the molecule is Cc1cccc(OC2CN(C(=O)C3CCN(C(=O)C4CCCC4)CC3)C2)c1. The zero-order valence-electron chi connectivity index (χ0n) is 16.2. The maximum Gasteiger partial charge on any atom is 0.226 e. The molecular weight excluding hydrogens is 340 g/mol. The number of likely N-dealkylation sites (tertiary alicyclic amines) is 2. The molecule has 3 fully saturated rings. The number of piperidine rings is 1. The summed E-state index contributed by atoms with van der Waals surface area (Å²) in [6.07, 6.45) is 6.17. The van der Waals surface area contributed by atoms with Gasteiger partial charge in [0.25, 0.3) is 0 Å². The van der Waals surface area contributed by atoms with Crippen LogP contribution in [0.25, 0.3) is 0 Å². The predicted molar refractivity (Wildman–Crippen MR) is 103 cm³/mol. The predicted octanol–water partition coefficient (Wildman–Crippen LogP) is 3.01. The highest BCUT2D eigenvalue weighted by Crippen LogP contribution is 2.29. The van der Waals surface area contributed by atoms with E-state index in [4.69, 9.17) is 4.74 Å². The maximum atomic E-state index is 12.7. The van der Waals surface area contributed by atoms with Crippen molar-refractivity contribution in [1.82, 2.24) is 9.80 Å². The van der Waals surface area contributed by atoms with Crippen LogP contribution in [0, 0.1) is 18.8 Å². The van der Waals surface area contributed by atoms with Gasteiger partial charge in [-0.05, 0) is 50.3 Å². The van der Waals surface area contributed by atoms with Crippen molar-refractivity contribution in [2.75, 3.05) is 26.2 Å². The molecule has 2 amide bonds. The van der Waals surface area contributed by atoms with Crippen molar-refractivity contribution in [2.45, 2.75) is 51.6 Å². The highest BCUT2D eigenvalue weighted by atomic mass is 16.5. The average Bonchev–Trinajstić information content (AvgIpc) is 3.18. The first kappa shape index (κ1) is 18.3. The van der Waals surface area contributed by atoms with Gasteiger partial charge in [0.05, 0.1) is 13.1 Å². The first-order chi connectivity index (χ1) is 13.1. The van der Waals surface area contributed by atoms with Gasteiger partial charge in [0.15, 0.2) is 0 Å². The van der Waals surface area contributed by atoms with Crippen molar-refractivity contribution in [1.29, 1.82) is 0 Å². The minimum absolute atomic E-state index is 0.0672. The third-order valence-corrected chi connectivity index (χ3v) is 6.31. The van der Waals surface area contributed by atoms with Crippen LogP contribution in [0.2, 0.25) is 0 Å². The van der Waals surface area contributed by atoms with Crippen LogP contribution in [0.4, 0.5) is 0 Å². The van der Waals surface area contributed by atoms with E-state index in [9.17, 15) is 9.59 Å². The van der Waals surface area contributed by atoms with Crippen LogP contribution in [0.3, 0.4) is 0 Å². The molecule has 27 heavy (non-hydrogen) atoms. The van der Waals surface area contributed by atoms with Crippen LogP contribution >= 0.6 is 0 Å². The molecule has 0 aromatic heterocycles. The summed E-state index contributed by atoms with van der Waals surface area (Å²) in [5, 5.41) is 0. The van der Waals surface area contributed by atoms with Gasteiger partial charge in [-0.1, -0.05) is 25.0 Å².